The number of halogens is 1. The van der Waals surface area contributed by atoms with Crippen molar-refractivity contribution < 1.29 is 52.8 Å². The number of alkyl carbamates (subject to hydrolysis) is 1. The van der Waals surface area contributed by atoms with E-state index in [-0.39, 0.29) is 44.6 Å². The average molecular weight is 993 g/mol. The maximum Gasteiger partial charge on any atom is 0.409 e. The molecule has 3 N–H and O–H groups in total. The molecular formula is C54H62ClN5O11. The summed E-state index contributed by atoms with van der Waals surface area (Å²) in [5.41, 5.74) is 2.95. The lowest BCUT2D eigenvalue weighted by molar-refractivity contribution is -0.162. The van der Waals surface area contributed by atoms with Gasteiger partial charge in [-0.15, -0.1) is 0 Å². The normalized spacial score (nSPS) is 26.6. The smallest absolute Gasteiger partial charge is 0.409 e. The molecule has 3 aromatic rings. The number of methoxy groups -OCH3 is 1. The number of allylic oxidation sites excluding steroid dienone is 3. The van der Waals surface area contributed by atoms with Gasteiger partial charge in [-0.05, 0) is 75.1 Å². The van der Waals surface area contributed by atoms with Crippen LogP contribution < -0.4 is 20.4 Å². The molecular weight excluding hydrogens is 930 g/mol. The molecule has 4 aliphatic heterocycles. The fourth-order valence-electron chi connectivity index (χ4n) is 9.39. The van der Waals surface area contributed by atoms with Crippen molar-refractivity contribution in [3.05, 3.63) is 117 Å². The van der Waals surface area contributed by atoms with Crippen molar-refractivity contribution in [2.75, 3.05) is 37.5 Å². The number of carbonyl (C=O) groups is 6. The Bertz CT molecular complexity index is 2710. The van der Waals surface area contributed by atoms with Crippen LogP contribution in [-0.4, -0.2) is 115 Å². The predicted octanol–water partition coefficient (Wildman–Crippen LogP) is 6.05. The predicted molar refractivity (Wildman–Crippen MR) is 266 cm³/mol. The Kier molecular flexibility index (Phi) is 16.1. The second-order valence-corrected chi connectivity index (χ2v) is 19.4. The summed E-state index contributed by atoms with van der Waals surface area (Å²) in [6, 6.07) is 17.6. The molecule has 5 amide bonds. The maximum atomic E-state index is 14.3. The molecule has 4 heterocycles. The number of amides is 5. The molecule has 0 unspecified atom stereocenters. The molecule has 0 saturated carbocycles. The van der Waals surface area contributed by atoms with Crippen LogP contribution in [0.25, 0.3) is 0 Å². The molecule has 4 aliphatic rings. The molecule has 376 valence electrons. The maximum absolute atomic E-state index is 14.3. The van der Waals surface area contributed by atoms with Crippen molar-refractivity contribution in [3.63, 3.8) is 0 Å². The summed E-state index contributed by atoms with van der Waals surface area (Å²) < 4.78 is 23.8. The summed E-state index contributed by atoms with van der Waals surface area (Å²) in [6.45, 7) is 8.99. The summed E-state index contributed by atoms with van der Waals surface area (Å²) in [7, 11) is 4.45. The van der Waals surface area contributed by atoms with Crippen molar-refractivity contribution in [1.82, 2.24) is 15.5 Å². The third-order valence-electron chi connectivity index (χ3n) is 13.9. The number of aryl methyl sites for hydroxylation is 1. The van der Waals surface area contributed by atoms with Gasteiger partial charge in [0.2, 0.25) is 23.6 Å². The highest BCUT2D eigenvalue weighted by Gasteiger charge is 2.64. The molecule has 17 heteroatoms. The van der Waals surface area contributed by atoms with Gasteiger partial charge in [-0.2, -0.15) is 0 Å². The fraction of sp³-hybridized carbons (Fsp3) is 0.444. The molecule has 4 bridgehead atoms. The molecule has 8 atom stereocenters. The number of rotatable bonds is 10. The van der Waals surface area contributed by atoms with Crippen molar-refractivity contribution in [1.29, 1.82) is 0 Å². The highest BCUT2D eigenvalue weighted by atomic mass is 35.5. The third-order valence-corrected chi connectivity index (χ3v) is 14.4. The Morgan fingerprint density at radius 1 is 1.03 bits per heavy atom. The fourth-order valence-corrected chi connectivity index (χ4v) is 9.63. The summed E-state index contributed by atoms with van der Waals surface area (Å²) >= 11 is 6.83. The van der Waals surface area contributed by atoms with Gasteiger partial charge in [-0.1, -0.05) is 90.6 Å². The van der Waals surface area contributed by atoms with Gasteiger partial charge in [-0.25, -0.2) is 9.59 Å². The highest BCUT2D eigenvalue weighted by molar-refractivity contribution is 6.34. The van der Waals surface area contributed by atoms with Gasteiger partial charge in [0, 0.05) is 70.5 Å². The van der Waals surface area contributed by atoms with E-state index in [1.165, 1.54) is 30.9 Å². The number of esters is 1. The summed E-state index contributed by atoms with van der Waals surface area (Å²) in [5.74, 6) is 3.37. The van der Waals surface area contributed by atoms with E-state index in [4.69, 9.17) is 30.5 Å². The number of anilines is 2. The largest absolute Gasteiger partial charge is 0.457 e. The molecule has 7 rings (SSSR count). The number of nitrogens with one attached hydrogen (secondary N) is 2. The Hall–Kier alpha value is -6.51. The molecule has 16 nitrogen and oxygen atoms in total. The molecule has 0 aromatic heterocycles. The molecule has 2 fully saturated rings. The average Bonchev–Trinajstić information content (AvgIpc) is 4.03. The van der Waals surface area contributed by atoms with Crippen LogP contribution in [0.3, 0.4) is 0 Å². The monoisotopic (exact) mass is 991 g/mol. The zero-order chi connectivity index (χ0) is 51.4. The van der Waals surface area contributed by atoms with Crippen molar-refractivity contribution in [2.45, 2.75) is 121 Å². The van der Waals surface area contributed by atoms with Crippen molar-refractivity contribution >= 4 is 58.7 Å². The Morgan fingerprint density at radius 2 is 1.73 bits per heavy atom. The lowest BCUT2D eigenvalue weighted by Crippen LogP contribution is -2.63. The summed E-state index contributed by atoms with van der Waals surface area (Å²) in [5, 5.41) is 17.4. The quantitative estimate of drug-likeness (QED) is 0.122. The van der Waals surface area contributed by atoms with Crippen LogP contribution in [0.5, 0.6) is 0 Å². The van der Waals surface area contributed by atoms with Crippen LogP contribution in [0.15, 0.2) is 84.5 Å². The number of para-hydroxylation sites is 1. The number of carbonyl (C=O) groups excluding carboxylic acids is 6. The van der Waals surface area contributed by atoms with Crippen LogP contribution in [-0.2, 0) is 55.9 Å². The standard InChI is InChI=1S/C54H62ClN5O11/c1-32-14-13-19-43(68-8)54(67)30-42(69-52(66)57-54)34(3)50-53(5,71-50)44(29-48(64)59(7)41-28-36(26-32)27-33(2)49(41)55)70-51(65)35(4)58(6)46(62)24-25-56-45(61)22-23-47(63)60-31-39-17-10-9-15-37(39)20-21-38-16-11-12-18-40(38)60/h9-19,27-28,34-35,42-44,50,67H,22-26,29-31H2,1-8H3,(H,56,61)(H,57,66)/b19-13+,32-14+/t34-,35-,42+,43-,44+,50+,53+,54+/m1/s1. The van der Waals surface area contributed by atoms with Gasteiger partial charge >= 0.3 is 12.1 Å². The third kappa shape index (κ3) is 11.8. The first kappa shape index (κ1) is 52.3. The number of benzene rings is 3. The van der Waals surface area contributed by atoms with Crippen LogP contribution in [0.4, 0.5) is 16.2 Å². The van der Waals surface area contributed by atoms with Crippen molar-refractivity contribution in [2.24, 2.45) is 5.92 Å². The first-order valence-corrected chi connectivity index (χ1v) is 24.1. The molecule has 0 radical (unpaired) electrons. The zero-order valence-electron chi connectivity index (χ0n) is 41.4. The van der Waals surface area contributed by atoms with E-state index >= 15 is 0 Å². The number of likely N-dealkylation sites (N-methyl/N-ethyl adjacent to an activating group) is 1. The van der Waals surface area contributed by atoms with E-state index in [1.807, 2.05) is 80.6 Å². The van der Waals surface area contributed by atoms with E-state index in [1.54, 1.807) is 37.9 Å². The highest BCUT2D eigenvalue weighted by Crippen LogP contribution is 2.49. The lowest BCUT2D eigenvalue weighted by Gasteiger charge is -2.42. The number of hydrogen-bond acceptors (Lipinski definition) is 11. The number of fused-ring (bicyclic) bond motifs is 7. The molecule has 0 aliphatic carbocycles. The van der Waals surface area contributed by atoms with Gasteiger partial charge < -0.3 is 44.1 Å². The molecule has 0 spiro atoms. The molecule has 71 heavy (non-hydrogen) atoms. The number of hydrogen-bond donors (Lipinski definition) is 3. The molecule has 3 aromatic carbocycles. The van der Waals surface area contributed by atoms with E-state index in [2.05, 4.69) is 22.5 Å². The van der Waals surface area contributed by atoms with E-state index in [9.17, 15) is 33.9 Å². The van der Waals surface area contributed by atoms with Gasteiger partial charge in [0.1, 0.15) is 30.0 Å². The Balaban J connectivity index is 1.02. The SMILES string of the molecule is CO[C@@H]1/C=C/C=C(\C)Cc2cc(C)c(Cl)c(c2)N(C)C(=O)C[C@H](OC(=O)[C@@H](C)N(C)C(=O)CCNC(=O)CCC(=O)N2Cc3ccccc3C#Cc3ccccc32)[C@]2(C)O[C@H]2[C@H](C)[C@@H]2C[C@@]1(O)NC(=O)O2. The van der Waals surface area contributed by atoms with E-state index in [0.29, 0.717) is 34.9 Å². The van der Waals surface area contributed by atoms with Gasteiger partial charge in [0.25, 0.3) is 0 Å². The topological polar surface area (TPSA) is 197 Å². The van der Waals surface area contributed by atoms with Crippen molar-refractivity contribution in [3.8, 4) is 11.8 Å². The number of epoxide rings is 1. The van der Waals surface area contributed by atoms with Gasteiger partial charge in [0.15, 0.2) is 5.72 Å². The van der Waals surface area contributed by atoms with Crippen LogP contribution in [0.1, 0.15) is 87.6 Å². The number of aliphatic hydroxyl groups is 1. The lowest BCUT2D eigenvalue weighted by atomic mass is 9.83. The first-order valence-electron chi connectivity index (χ1n) is 23.8. The van der Waals surface area contributed by atoms with E-state index in [0.717, 1.165) is 27.8 Å². The first-order chi connectivity index (χ1) is 33.7. The summed E-state index contributed by atoms with van der Waals surface area (Å²) in [4.78, 5) is 85.8. The Morgan fingerprint density at radius 3 is 2.48 bits per heavy atom. The minimum atomic E-state index is -1.86. The zero-order valence-corrected chi connectivity index (χ0v) is 42.1. The van der Waals surface area contributed by atoms with Gasteiger partial charge in [-0.3, -0.25) is 24.5 Å². The summed E-state index contributed by atoms with van der Waals surface area (Å²) in [6.07, 6.45) is 0.336. The second kappa shape index (κ2) is 21.9. The minimum absolute atomic E-state index is 0.0562. The minimum Gasteiger partial charge on any atom is -0.457 e. The Labute approximate surface area is 419 Å². The number of nitrogens with zero attached hydrogens (tertiary/aromatic N) is 3. The van der Waals surface area contributed by atoms with Crippen LogP contribution >= 0.6 is 11.6 Å². The molecule has 2 saturated heterocycles. The van der Waals surface area contributed by atoms with Crippen LogP contribution in [0.2, 0.25) is 5.02 Å². The van der Waals surface area contributed by atoms with Gasteiger partial charge in [0.05, 0.1) is 35.5 Å². The number of ether oxygens (including phenoxy) is 4. The second-order valence-electron chi connectivity index (χ2n) is 19.0. The van der Waals surface area contributed by atoms with E-state index < -0.39 is 77.5 Å². The van der Waals surface area contributed by atoms with Crippen LogP contribution in [0, 0.1) is 24.7 Å².